The molecule has 3 amide bonds. The Kier molecular flexibility index (Phi) is 9.39. The van der Waals surface area contributed by atoms with E-state index in [1.54, 1.807) is 48.5 Å². The van der Waals surface area contributed by atoms with E-state index in [0.717, 1.165) is 0 Å². The lowest BCUT2D eigenvalue weighted by molar-refractivity contribution is -0.129. The van der Waals surface area contributed by atoms with Gasteiger partial charge in [0.2, 0.25) is 11.8 Å². The zero-order valence-corrected chi connectivity index (χ0v) is 19.3. The Labute approximate surface area is 197 Å². The van der Waals surface area contributed by atoms with E-state index in [2.05, 4.69) is 16.0 Å². The second kappa shape index (κ2) is 12.0. The molecule has 0 saturated carbocycles. The number of carbonyl (C=O) groups excluding carboxylic acids is 3. The summed E-state index contributed by atoms with van der Waals surface area (Å²) < 4.78 is 25.6. The van der Waals surface area contributed by atoms with Gasteiger partial charge in [0.25, 0.3) is 5.91 Å². The van der Waals surface area contributed by atoms with Crippen molar-refractivity contribution in [3.05, 3.63) is 70.7 Å². The fourth-order valence-electron chi connectivity index (χ4n) is 2.82. The van der Waals surface area contributed by atoms with Crippen LogP contribution in [0.25, 0.3) is 0 Å². The van der Waals surface area contributed by atoms with Gasteiger partial charge in [0.1, 0.15) is 18.6 Å². The van der Waals surface area contributed by atoms with E-state index in [0.29, 0.717) is 10.6 Å². The summed E-state index contributed by atoms with van der Waals surface area (Å²) in [5.74, 6) is -3.17. The molecule has 2 aromatic carbocycles. The fraction of sp³-hybridized carbons (Fsp3) is 0.273. The van der Waals surface area contributed by atoms with Gasteiger partial charge in [-0.2, -0.15) is 5.26 Å². The van der Waals surface area contributed by atoms with Crippen LogP contribution in [0.15, 0.2) is 54.6 Å². The molecule has 2 atom stereocenters. The van der Waals surface area contributed by atoms with E-state index in [9.17, 15) is 22.8 Å². The maximum absolute atomic E-state index is 12.8. The van der Waals surface area contributed by atoms with Crippen LogP contribution in [-0.2, 0) is 25.2 Å². The number of nitrogens with one attached hydrogen (secondary N) is 3. The van der Waals surface area contributed by atoms with Crippen molar-refractivity contribution in [1.29, 1.82) is 5.26 Å². The van der Waals surface area contributed by atoms with Crippen LogP contribution in [0.3, 0.4) is 0 Å². The van der Waals surface area contributed by atoms with Crippen LogP contribution in [0.4, 0.5) is 0 Å². The lowest BCUT2D eigenvalue weighted by atomic mass is 10.2. The van der Waals surface area contributed by atoms with E-state index < -0.39 is 45.4 Å². The number of halogens is 1. The molecular formula is C22H23ClN4O5S. The number of carbonyl (C=O) groups is 3. The van der Waals surface area contributed by atoms with E-state index in [1.165, 1.54) is 19.1 Å². The third kappa shape index (κ3) is 8.56. The quantitative estimate of drug-likeness (QED) is 0.426. The van der Waals surface area contributed by atoms with Crippen molar-refractivity contribution >= 4 is 39.2 Å². The summed E-state index contributed by atoms with van der Waals surface area (Å²) in [4.78, 5) is 37.4. The van der Waals surface area contributed by atoms with E-state index in [4.69, 9.17) is 16.9 Å². The SMILES string of the molecule is CC(NC(=O)C(CS(=O)(=O)Cc1ccc(Cl)cc1)NC(=O)c1ccccc1)C(=O)NCC#N. The summed E-state index contributed by atoms with van der Waals surface area (Å²) in [5, 5.41) is 16.1. The third-order valence-electron chi connectivity index (χ3n) is 4.47. The largest absolute Gasteiger partial charge is 0.343 e. The number of sulfone groups is 1. The van der Waals surface area contributed by atoms with Gasteiger partial charge in [-0.1, -0.05) is 41.9 Å². The maximum atomic E-state index is 12.8. The highest BCUT2D eigenvalue weighted by molar-refractivity contribution is 7.90. The Bertz CT molecular complexity index is 1130. The minimum absolute atomic E-state index is 0.241. The number of benzene rings is 2. The predicted octanol–water partition coefficient (Wildman–Crippen LogP) is 1.20. The first-order chi connectivity index (χ1) is 15.6. The molecule has 2 aromatic rings. The Hall–Kier alpha value is -3.42. The molecule has 11 heteroatoms. The third-order valence-corrected chi connectivity index (χ3v) is 6.34. The molecule has 9 nitrogen and oxygen atoms in total. The summed E-state index contributed by atoms with van der Waals surface area (Å²) in [6, 6.07) is 13.4. The summed E-state index contributed by atoms with van der Waals surface area (Å²) in [6.45, 7) is 1.13. The van der Waals surface area contributed by atoms with Crippen molar-refractivity contribution in [1.82, 2.24) is 16.0 Å². The van der Waals surface area contributed by atoms with Crippen molar-refractivity contribution in [3.8, 4) is 6.07 Å². The maximum Gasteiger partial charge on any atom is 0.251 e. The Morgan fingerprint density at radius 2 is 1.64 bits per heavy atom. The van der Waals surface area contributed by atoms with Crippen molar-refractivity contribution in [3.63, 3.8) is 0 Å². The molecule has 0 aliphatic carbocycles. The smallest absolute Gasteiger partial charge is 0.251 e. The molecule has 0 radical (unpaired) electrons. The molecule has 2 rings (SSSR count). The average Bonchev–Trinajstić information content (AvgIpc) is 2.78. The average molecular weight is 491 g/mol. The van der Waals surface area contributed by atoms with Gasteiger partial charge in [0.05, 0.1) is 17.6 Å². The zero-order chi connectivity index (χ0) is 24.4. The van der Waals surface area contributed by atoms with Crippen LogP contribution >= 0.6 is 11.6 Å². The van der Waals surface area contributed by atoms with Crippen LogP contribution in [-0.4, -0.2) is 50.5 Å². The number of hydrogen-bond acceptors (Lipinski definition) is 6. The lowest BCUT2D eigenvalue weighted by Crippen LogP contribution is -2.55. The monoisotopic (exact) mass is 490 g/mol. The number of rotatable bonds is 10. The molecule has 0 aliphatic heterocycles. The van der Waals surface area contributed by atoms with Gasteiger partial charge in [-0.15, -0.1) is 0 Å². The highest BCUT2D eigenvalue weighted by Gasteiger charge is 2.29. The van der Waals surface area contributed by atoms with Crippen LogP contribution in [0.1, 0.15) is 22.8 Å². The summed E-state index contributed by atoms with van der Waals surface area (Å²) in [7, 11) is -3.85. The second-order valence-corrected chi connectivity index (χ2v) is 9.72. The minimum atomic E-state index is -3.85. The molecule has 0 aromatic heterocycles. The zero-order valence-electron chi connectivity index (χ0n) is 17.7. The van der Waals surface area contributed by atoms with E-state index in [1.807, 2.05) is 0 Å². The Morgan fingerprint density at radius 1 is 1.00 bits per heavy atom. The lowest BCUT2D eigenvalue weighted by Gasteiger charge is -2.21. The number of nitriles is 1. The van der Waals surface area contributed by atoms with Crippen molar-refractivity contribution in [2.24, 2.45) is 0 Å². The molecule has 0 spiro atoms. The normalized spacial score (nSPS) is 12.6. The van der Waals surface area contributed by atoms with Gasteiger partial charge in [-0.25, -0.2) is 8.42 Å². The minimum Gasteiger partial charge on any atom is -0.343 e. The topological polar surface area (TPSA) is 145 Å². The molecule has 0 fully saturated rings. The molecule has 0 aliphatic rings. The number of hydrogen-bond donors (Lipinski definition) is 3. The van der Waals surface area contributed by atoms with Crippen LogP contribution in [0.2, 0.25) is 5.02 Å². The number of amides is 3. The first-order valence-electron chi connectivity index (χ1n) is 9.87. The van der Waals surface area contributed by atoms with Gasteiger partial charge in [-0.3, -0.25) is 14.4 Å². The first-order valence-corrected chi connectivity index (χ1v) is 12.1. The second-order valence-electron chi connectivity index (χ2n) is 7.18. The van der Waals surface area contributed by atoms with E-state index >= 15 is 0 Å². The molecular weight excluding hydrogens is 468 g/mol. The van der Waals surface area contributed by atoms with Gasteiger partial charge in [0, 0.05) is 10.6 Å². The predicted molar refractivity (Wildman–Crippen MR) is 123 cm³/mol. The highest BCUT2D eigenvalue weighted by Crippen LogP contribution is 2.13. The standard InChI is InChI=1S/C22H23ClN4O5S/c1-15(20(28)25-12-11-24)26-22(30)19(27-21(29)17-5-3-2-4-6-17)14-33(31,32)13-16-7-9-18(23)10-8-16/h2-10,15,19H,12-14H2,1H3,(H,25,28)(H,26,30)(H,27,29). The van der Waals surface area contributed by atoms with Crippen LogP contribution in [0, 0.1) is 11.3 Å². The summed E-state index contributed by atoms with van der Waals surface area (Å²) in [6.07, 6.45) is 0. The number of nitrogens with zero attached hydrogens (tertiary/aromatic N) is 1. The molecule has 0 heterocycles. The summed E-state index contributed by atoms with van der Waals surface area (Å²) >= 11 is 5.83. The van der Waals surface area contributed by atoms with Gasteiger partial charge in [-0.05, 0) is 36.8 Å². The van der Waals surface area contributed by atoms with Crippen molar-refractivity contribution in [2.45, 2.75) is 24.8 Å². The van der Waals surface area contributed by atoms with Crippen molar-refractivity contribution < 1.29 is 22.8 Å². The molecule has 174 valence electrons. The molecule has 33 heavy (non-hydrogen) atoms. The fourth-order valence-corrected chi connectivity index (χ4v) is 4.51. The Balaban J connectivity index is 2.19. The van der Waals surface area contributed by atoms with Gasteiger partial charge in [0.15, 0.2) is 9.84 Å². The summed E-state index contributed by atoms with van der Waals surface area (Å²) in [5.41, 5.74) is 0.711. The van der Waals surface area contributed by atoms with Crippen LogP contribution in [0.5, 0.6) is 0 Å². The Morgan fingerprint density at radius 3 is 2.24 bits per heavy atom. The van der Waals surface area contributed by atoms with Crippen molar-refractivity contribution in [2.75, 3.05) is 12.3 Å². The molecule has 0 saturated heterocycles. The van der Waals surface area contributed by atoms with Crippen LogP contribution < -0.4 is 16.0 Å². The van der Waals surface area contributed by atoms with E-state index in [-0.39, 0.29) is 17.9 Å². The molecule has 0 bridgehead atoms. The molecule has 2 unspecified atom stereocenters. The first kappa shape index (κ1) is 25.8. The molecule has 3 N–H and O–H groups in total. The van der Waals surface area contributed by atoms with Gasteiger partial charge >= 0.3 is 0 Å². The van der Waals surface area contributed by atoms with Gasteiger partial charge < -0.3 is 16.0 Å². The highest BCUT2D eigenvalue weighted by atomic mass is 35.5.